The molecule has 0 unspecified atom stereocenters. The zero-order valence-electron chi connectivity index (χ0n) is 12.5. The first kappa shape index (κ1) is 15.0. The van der Waals surface area contributed by atoms with E-state index >= 15 is 0 Å². The Morgan fingerprint density at radius 3 is 2.59 bits per heavy atom. The third-order valence-electron chi connectivity index (χ3n) is 4.77. The summed E-state index contributed by atoms with van der Waals surface area (Å²) < 4.78 is 5.19. The van der Waals surface area contributed by atoms with Gasteiger partial charge in [-0.25, -0.2) is 4.79 Å². The summed E-state index contributed by atoms with van der Waals surface area (Å²) in [5, 5.41) is 15.8. The molecule has 2 saturated carbocycles. The second-order valence-corrected chi connectivity index (χ2v) is 6.32. The van der Waals surface area contributed by atoms with E-state index in [1.54, 1.807) is 0 Å². The second kappa shape index (κ2) is 6.06. The maximum Gasteiger partial charge on any atom is 0.329 e. The minimum Gasteiger partial charge on any atom is -0.480 e. The highest BCUT2D eigenvalue weighted by molar-refractivity contribution is 5.87. The van der Waals surface area contributed by atoms with Crippen molar-refractivity contribution in [1.82, 2.24) is 15.5 Å². The summed E-state index contributed by atoms with van der Waals surface area (Å²) >= 11 is 0. The number of rotatable bonds is 6. The average Bonchev–Trinajstić information content (AvgIpc) is 3.10. The third kappa shape index (κ3) is 2.98. The Kier molecular flexibility index (Phi) is 4.13. The molecule has 1 aromatic heterocycles. The minimum absolute atomic E-state index is 0.168. The lowest BCUT2D eigenvalue weighted by atomic mass is 9.76. The number of amides is 1. The van der Waals surface area contributed by atoms with Gasteiger partial charge in [0.2, 0.25) is 11.8 Å². The summed E-state index contributed by atoms with van der Waals surface area (Å²) in [4.78, 5) is 27.5. The van der Waals surface area contributed by atoms with Crippen LogP contribution in [0.4, 0.5) is 0 Å². The summed E-state index contributed by atoms with van der Waals surface area (Å²) in [6.45, 7) is 0. The fraction of sp³-hybridized carbons (Fsp3) is 0.733. The van der Waals surface area contributed by atoms with Crippen molar-refractivity contribution in [2.45, 2.75) is 69.2 Å². The number of aliphatic carboxylic acids is 1. The fourth-order valence-corrected chi connectivity index (χ4v) is 3.19. The van der Waals surface area contributed by atoms with Gasteiger partial charge in [-0.05, 0) is 32.1 Å². The van der Waals surface area contributed by atoms with E-state index < -0.39 is 11.5 Å². The summed E-state index contributed by atoms with van der Waals surface area (Å²) in [7, 11) is 0. The highest BCUT2D eigenvalue weighted by atomic mass is 16.5. The van der Waals surface area contributed by atoms with E-state index in [2.05, 4.69) is 15.5 Å². The summed E-state index contributed by atoms with van der Waals surface area (Å²) in [5.74, 6) is 0.358. The standard InChI is InChI=1S/C15H21N3O4/c19-11(17-15(14(20)21)8-3-9-15)6-7-12-16-13(18-22-12)10-4-1-2-5-10/h10H,1-9H2,(H,17,19)(H,20,21). The lowest BCUT2D eigenvalue weighted by Gasteiger charge is -2.38. The highest BCUT2D eigenvalue weighted by Crippen LogP contribution is 2.33. The minimum atomic E-state index is -1.05. The van der Waals surface area contributed by atoms with Crippen LogP contribution in [0.5, 0.6) is 0 Å². The van der Waals surface area contributed by atoms with Gasteiger partial charge in [-0.3, -0.25) is 4.79 Å². The van der Waals surface area contributed by atoms with E-state index in [0.29, 0.717) is 31.1 Å². The normalized spacial score (nSPS) is 20.5. The van der Waals surface area contributed by atoms with Crippen LogP contribution < -0.4 is 5.32 Å². The predicted octanol–water partition coefficient (Wildman–Crippen LogP) is 1.78. The molecule has 22 heavy (non-hydrogen) atoms. The zero-order chi connectivity index (χ0) is 15.6. The van der Waals surface area contributed by atoms with Gasteiger partial charge >= 0.3 is 5.97 Å². The Morgan fingerprint density at radius 1 is 1.27 bits per heavy atom. The molecule has 2 aliphatic rings. The molecular weight excluding hydrogens is 286 g/mol. The molecule has 0 bridgehead atoms. The molecule has 7 nitrogen and oxygen atoms in total. The molecular formula is C15H21N3O4. The molecule has 120 valence electrons. The quantitative estimate of drug-likeness (QED) is 0.830. The summed E-state index contributed by atoms with van der Waals surface area (Å²) in [5.41, 5.74) is -1.05. The smallest absolute Gasteiger partial charge is 0.329 e. The van der Waals surface area contributed by atoms with Crippen LogP contribution in [0.3, 0.4) is 0 Å². The molecule has 0 spiro atoms. The summed E-state index contributed by atoms with van der Waals surface area (Å²) in [6, 6.07) is 0. The Hall–Kier alpha value is -1.92. The molecule has 1 heterocycles. The molecule has 0 aliphatic heterocycles. The Labute approximate surface area is 128 Å². The van der Waals surface area contributed by atoms with Crippen LogP contribution in [0.25, 0.3) is 0 Å². The van der Waals surface area contributed by atoms with Crippen molar-refractivity contribution in [3.05, 3.63) is 11.7 Å². The van der Waals surface area contributed by atoms with Gasteiger partial charge in [-0.1, -0.05) is 18.0 Å². The van der Waals surface area contributed by atoms with Crippen molar-refractivity contribution in [3.8, 4) is 0 Å². The number of carboxylic acid groups (broad SMARTS) is 1. The number of hydrogen-bond acceptors (Lipinski definition) is 5. The molecule has 1 amide bonds. The van der Waals surface area contributed by atoms with Crippen LogP contribution in [0, 0.1) is 0 Å². The maximum atomic E-state index is 11.9. The molecule has 2 N–H and O–H groups in total. The van der Waals surface area contributed by atoms with Gasteiger partial charge in [-0.15, -0.1) is 0 Å². The largest absolute Gasteiger partial charge is 0.480 e. The molecule has 2 fully saturated rings. The van der Waals surface area contributed by atoms with Gasteiger partial charge in [0, 0.05) is 18.8 Å². The van der Waals surface area contributed by atoms with E-state index in [-0.39, 0.29) is 12.3 Å². The van der Waals surface area contributed by atoms with Gasteiger partial charge in [0.1, 0.15) is 5.54 Å². The van der Waals surface area contributed by atoms with Crippen LogP contribution in [-0.4, -0.2) is 32.7 Å². The SMILES string of the molecule is O=C(CCc1nc(C2CCCC2)no1)NC1(C(=O)O)CCC1. The van der Waals surface area contributed by atoms with Crippen molar-refractivity contribution in [1.29, 1.82) is 0 Å². The number of hydrogen-bond donors (Lipinski definition) is 2. The number of aryl methyl sites for hydroxylation is 1. The second-order valence-electron chi connectivity index (χ2n) is 6.32. The lowest BCUT2D eigenvalue weighted by molar-refractivity contribution is -0.151. The number of carboxylic acids is 1. The number of carbonyl (C=O) groups is 2. The first-order chi connectivity index (χ1) is 10.6. The molecule has 3 rings (SSSR count). The zero-order valence-corrected chi connectivity index (χ0v) is 12.5. The Bertz CT molecular complexity index is 559. The van der Waals surface area contributed by atoms with Crippen molar-refractivity contribution in [2.75, 3.05) is 0 Å². The molecule has 2 aliphatic carbocycles. The van der Waals surface area contributed by atoms with Crippen LogP contribution in [0.15, 0.2) is 4.52 Å². The Morgan fingerprint density at radius 2 is 2.00 bits per heavy atom. The number of aromatic nitrogens is 2. The van der Waals surface area contributed by atoms with Crippen molar-refractivity contribution in [3.63, 3.8) is 0 Å². The molecule has 0 radical (unpaired) electrons. The van der Waals surface area contributed by atoms with Gasteiger partial charge in [0.05, 0.1) is 0 Å². The van der Waals surface area contributed by atoms with Gasteiger partial charge < -0.3 is 14.9 Å². The maximum absolute atomic E-state index is 11.9. The first-order valence-corrected chi connectivity index (χ1v) is 7.96. The average molecular weight is 307 g/mol. The van der Waals surface area contributed by atoms with Crippen molar-refractivity contribution >= 4 is 11.9 Å². The molecule has 7 heteroatoms. The monoisotopic (exact) mass is 307 g/mol. The van der Waals surface area contributed by atoms with E-state index in [1.807, 2.05) is 0 Å². The number of nitrogens with zero attached hydrogens (tertiary/aromatic N) is 2. The number of nitrogens with one attached hydrogen (secondary N) is 1. The third-order valence-corrected chi connectivity index (χ3v) is 4.77. The van der Waals surface area contributed by atoms with E-state index in [4.69, 9.17) is 4.52 Å². The van der Waals surface area contributed by atoms with E-state index in [0.717, 1.165) is 25.1 Å². The first-order valence-electron chi connectivity index (χ1n) is 7.96. The van der Waals surface area contributed by atoms with Crippen molar-refractivity contribution in [2.24, 2.45) is 0 Å². The van der Waals surface area contributed by atoms with Crippen LogP contribution in [0.2, 0.25) is 0 Å². The molecule has 0 saturated heterocycles. The van der Waals surface area contributed by atoms with Crippen LogP contribution in [-0.2, 0) is 16.0 Å². The summed E-state index contributed by atoms with van der Waals surface area (Å²) in [6.07, 6.45) is 6.95. The fourth-order valence-electron chi connectivity index (χ4n) is 3.19. The van der Waals surface area contributed by atoms with Crippen LogP contribution >= 0.6 is 0 Å². The van der Waals surface area contributed by atoms with Crippen LogP contribution in [0.1, 0.15) is 69.0 Å². The Balaban J connectivity index is 1.50. The lowest BCUT2D eigenvalue weighted by Crippen LogP contribution is -2.59. The number of carbonyl (C=O) groups excluding carboxylic acids is 1. The van der Waals surface area contributed by atoms with Gasteiger partial charge in [-0.2, -0.15) is 4.98 Å². The molecule has 1 aromatic rings. The molecule has 0 atom stereocenters. The van der Waals surface area contributed by atoms with Gasteiger partial charge in [0.25, 0.3) is 0 Å². The topological polar surface area (TPSA) is 105 Å². The highest BCUT2D eigenvalue weighted by Gasteiger charge is 2.45. The molecule has 0 aromatic carbocycles. The van der Waals surface area contributed by atoms with Gasteiger partial charge in [0.15, 0.2) is 5.82 Å². The predicted molar refractivity (Wildman–Crippen MR) is 76.2 cm³/mol. The van der Waals surface area contributed by atoms with E-state index in [9.17, 15) is 14.7 Å². The van der Waals surface area contributed by atoms with Crippen molar-refractivity contribution < 1.29 is 19.2 Å². The van der Waals surface area contributed by atoms with E-state index in [1.165, 1.54) is 12.8 Å².